The van der Waals surface area contributed by atoms with Crippen molar-refractivity contribution < 1.29 is 4.74 Å². The van der Waals surface area contributed by atoms with E-state index in [0.29, 0.717) is 6.61 Å². The molecule has 4 aromatic rings. The standard InChI is InChI=1S/C18H16N4OS/c1-13-19-17-15-9-5-6-10-16(15)20-18(22(17)21-13)24-12-11-23-14-7-3-2-4-8-14/h2-10H,11-12H2,1H3. The van der Waals surface area contributed by atoms with E-state index in [1.165, 1.54) is 0 Å². The van der Waals surface area contributed by atoms with Crippen LogP contribution in [0.1, 0.15) is 5.82 Å². The maximum absolute atomic E-state index is 5.74. The van der Waals surface area contributed by atoms with E-state index in [1.54, 1.807) is 11.8 Å². The van der Waals surface area contributed by atoms with E-state index < -0.39 is 0 Å². The first-order valence-corrected chi connectivity index (χ1v) is 8.72. The second-order valence-corrected chi connectivity index (χ2v) is 6.38. The topological polar surface area (TPSA) is 52.3 Å². The van der Waals surface area contributed by atoms with Crippen LogP contribution in [0.3, 0.4) is 0 Å². The number of para-hydroxylation sites is 2. The van der Waals surface area contributed by atoms with E-state index in [0.717, 1.165) is 39.0 Å². The number of hydrogen-bond donors (Lipinski definition) is 0. The molecule has 0 spiro atoms. The summed E-state index contributed by atoms with van der Waals surface area (Å²) in [4.78, 5) is 9.27. The van der Waals surface area contributed by atoms with Gasteiger partial charge in [-0.05, 0) is 31.2 Å². The number of thioether (sulfide) groups is 1. The predicted molar refractivity (Wildman–Crippen MR) is 95.7 cm³/mol. The number of fused-ring (bicyclic) bond motifs is 3. The maximum atomic E-state index is 5.74. The number of aryl methyl sites for hydroxylation is 1. The van der Waals surface area contributed by atoms with E-state index >= 15 is 0 Å². The summed E-state index contributed by atoms with van der Waals surface area (Å²) < 4.78 is 7.56. The van der Waals surface area contributed by atoms with E-state index in [1.807, 2.05) is 66.0 Å². The second kappa shape index (κ2) is 6.49. The minimum Gasteiger partial charge on any atom is -0.493 e. The predicted octanol–water partition coefficient (Wildman–Crippen LogP) is 3.76. The van der Waals surface area contributed by atoms with Crippen LogP contribution < -0.4 is 4.74 Å². The fourth-order valence-corrected chi connectivity index (χ4v) is 3.30. The maximum Gasteiger partial charge on any atom is 0.191 e. The summed E-state index contributed by atoms with van der Waals surface area (Å²) in [5, 5.41) is 6.33. The molecule has 0 fully saturated rings. The number of nitrogens with zero attached hydrogens (tertiary/aromatic N) is 4. The van der Waals surface area contributed by atoms with Gasteiger partial charge in [-0.25, -0.2) is 9.97 Å². The zero-order chi connectivity index (χ0) is 16.4. The first-order valence-electron chi connectivity index (χ1n) is 7.74. The molecule has 4 rings (SSSR count). The highest BCUT2D eigenvalue weighted by Gasteiger charge is 2.12. The van der Waals surface area contributed by atoms with Crippen LogP contribution in [0.2, 0.25) is 0 Å². The van der Waals surface area contributed by atoms with Crippen LogP contribution in [0.25, 0.3) is 16.6 Å². The minimum absolute atomic E-state index is 0.609. The van der Waals surface area contributed by atoms with Crippen molar-refractivity contribution in [2.75, 3.05) is 12.4 Å². The van der Waals surface area contributed by atoms with Crippen molar-refractivity contribution in [2.24, 2.45) is 0 Å². The number of benzene rings is 2. The molecule has 0 unspecified atom stereocenters. The quantitative estimate of drug-likeness (QED) is 0.315. The number of hydrogen-bond acceptors (Lipinski definition) is 5. The Labute approximate surface area is 143 Å². The van der Waals surface area contributed by atoms with E-state index in [2.05, 4.69) is 10.1 Å². The molecule has 0 saturated heterocycles. The van der Waals surface area contributed by atoms with Crippen molar-refractivity contribution in [1.29, 1.82) is 0 Å². The van der Waals surface area contributed by atoms with Gasteiger partial charge in [-0.2, -0.15) is 4.52 Å². The Morgan fingerprint density at radius 1 is 1.00 bits per heavy atom. The summed E-state index contributed by atoms with van der Waals surface area (Å²) in [6.45, 7) is 2.51. The molecule has 0 bridgehead atoms. The van der Waals surface area contributed by atoms with Crippen LogP contribution in [0.5, 0.6) is 5.75 Å². The molecule has 2 aromatic heterocycles. The van der Waals surface area contributed by atoms with Crippen molar-refractivity contribution >= 4 is 28.3 Å². The van der Waals surface area contributed by atoms with Gasteiger partial charge in [-0.1, -0.05) is 42.1 Å². The highest BCUT2D eigenvalue weighted by molar-refractivity contribution is 7.99. The lowest BCUT2D eigenvalue weighted by atomic mass is 10.2. The Morgan fingerprint density at radius 2 is 1.79 bits per heavy atom. The fraction of sp³-hybridized carbons (Fsp3) is 0.167. The van der Waals surface area contributed by atoms with Gasteiger partial charge in [0, 0.05) is 11.1 Å². The Bertz CT molecular complexity index is 984. The van der Waals surface area contributed by atoms with Crippen molar-refractivity contribution in [3.63, 3.8) is 0 Å². The van der Waals surface area contributed by atoms with Crippen LogP contribution in [-0.4, -0.2) is 31.9 Å². The van der Waals surface area contributed by atoms with Crippen LogP contribution in [0.4, 0.5) is 0 Å². The second-order valence-electron chi connectivity index (χ2n) is 5.32. The Balaban J connectivity index is 1.56. The molecule has 0 aliphatic rings. The van der Waals surface area contributed by atoms with Crippen molar-refractivity contribution in [2.45, 2.75) is 12.1 Å². The van der Waals surface area contributed by atoms with E-state index in [9.17, 15) is 0 Å². The summed E-state index contributed by atoms with van der Waals surface area (Å²) in [5.41, 5.74) is 1.79. The third-order valence-corrected chi connectivity index (χ3v) is 4.47. The van der Waals surface area contributed by atoms with Gasteiger partial charge < -0.3 is 4.74 Å². The Hall–Kier alpha value is -2.60. The van der Waals surface area contributed by atoms with Gasteiger partial charge in [-0.3, -0.25) is 0 Å². The zero-order valence-corrected chi connectivity index (χ0v) is 14.0. The van der Waals surface area contributed by atoms with Gasteiger partial charge in [0.2, 0.25) is 0 Å². The summed E-state index contributed by atoms with van der Waals surface area (Å²) in [5.74, 6) is 2.41. The van der Waals surface area contributed by atoms with Gasteiger partial charge in [0.15, 0.2) is 10.8 Å². The van der Waals surface area contributed by atoms with E-state index in [-0.39, 0.29) is 0 Å². The molecule has 2 heterocycles. The van der Waals surface area contributed by atoms with Crippen molar-refractivity contribution in [1.82, 2.24) is 19.6 Å². The molecule has 0 amide bonds. The molecule has 24 heavy (non-hydrogen) atoms. The third kappa shape index (κ3) is 2.92. The number of ether oxygens (including phenoxy) is 1. The first-order chi connectivity index (χ1) is 11.8. The summed E-state index contributed by atoms with van der Waals surface area (Å²) >= 11 is 1.62. The third-order valence-electron chi connectivity index (χ3n) is 3.58. The average Bonchev–Trinajstić information content (AvgIpc) is 3.01. The normalized spacial score (nSPS) is 11.2. The van der Waals surface area contributed by atoms with Gasteiger partial charge in [0.05, 0.1) is 12.1 Å². The van der Waals surface area contributed by atoms with Crippen LogP contribution in [0.15, 0.2) is 59.8 Å². The molecule has 2 aromatic carbocycles. The highest BCUT2D eigenvalue weighted by atomic mass is 32.2. The molecule has 5 nitrogen and oxygen atoms in total. The minimum atomic E-state index is 0.609. The van der Waals surface area contributed by atoms with Crippen LogP contribution in [-0.2, 0) is 0 Å². The van der Waals surface area contributed by atoms with Crippen LogP contribution >= 0.6 is 11.8 Å². The molecule has 0 saturated carbocycles. The van der Waals surface area contributed by atoms with Gasteiger partial charge >= 0.3 is 0 Å². The van der Waals surface area contributed by atoms with Gasteiger partial charge in [0.25, 0.3) is 0 Å². The lowest BCUT2D eigenvalue weighted by Gasteiger charge is -2.07. The molecule has 120 valence electrons. The molecular formula is C18H16N4OS. The molecule has 0 aliphatic carbocycles. The molecule has 0 atom stereocenters. The molecule has 0 radical (unpaired) electrons. The zero-order valence-electron chi connectivity index (χ0n) is 13.2. The molecule has 0 aliphatic heterocycles. The first kappa shape index (κ1) is 15.0. The Kier molecular flexibility index (Phi) is 4.04. The monoisotopic (exact) mass is 336 g/mol. The Morgan fingerprint density at radius 3 is 2.67 bits per heavy atom. The molecule has 0 N–H and O–H groups in total. The smallest absolute Gasteiger partial charge is 0.191 e. The average molecular weight is 336 g/mol. The summed E-state index contributed by atoms with van der Waals surface area (Å²) in [6, 6.07) is 17.8. The van der Waals surface area contributed by atoms with Crippen molar-refractivity contribution in [3.05, 3.63) is 60.4 Å². The SMILES string of the molecule is Cc1nc2c3ccccc3nc(SCCOc3ccccc3)n2n1. The van der Waals surface area contributed by atoms with Gasteiger partial charge in [-0.15, -0.1) is 5.10 Å². The van der Waals surface area contributed by atoms with Crippen LogP contribution in [0, 0.1) is 6.92 Å². The lowest BCUT2D eigenvalue weighted by Crippen LogP contribution is -2.03. The van der Waals surface area contributed by atoms with E-state index in [4.69, 9.17) is 9.72 Å². The number of aromatic nitrogens is 4. The molecule has 6 heteroatoms. The summed E-state index contributed by atoms with van der Waals surface area (Å²) in [6.07, 6.45) is 0. The number of rotatable bonds is 5. The summed E-state index contributed by atoms with van der Waals surface area (Å²) in [7, 11) is 0. The lowest BCUT2D eigenvalue weighted by molar-refractivity contribution is 0.344. The fourth-order valence-electron chi connectivity index (χ4n) is 2.54. The molecular weight excluding hydrogens is 320 g/mol. The van der Waals surface area contributed by atoms with Gasteiger partial charge in [0.1, 0.15) is 11.6 Å². The van der Waals surface area contributed by atoms with Crippen molar-refractivity contribution in [3.8, 4) is 5.75 Å². The highest BCUT2D eigenvalue weighted by Crippen LogP contribution is 2.23. The largest absolute Gasteiger partial charge is 0.493 e.